The summed E-state index contributed by atoms with van der Waals surface area (Å²) in [6.45, 7) is 0. The summed E-state index contributed by atoms with van der Waals surface area (Å²) in [6.07, 6.45) is 0. The molecule has 0 unspecified atom stereocenters. The van der Waals surface area contributed by atoms with Gasteiger partial charge >= 0.3 is 0 Å². The van der Waals surface area contributed by atoms with Gasteiger partial charge in [-0.15, -0.1) is 22.7 Å². The molecule has 11 aromatic carbocycles. The minimum absolute atomic E-state index is 0.880. The van der Waals surface area contributed by atoms with Gasteiger partial charge in [0, 0.05) is 84.6 Å². The second kappa shape index (κ2) is 14.5. The Balaban J connectivity index is 0.836. The predicted molar refractivity (Wildman–Crippen MR) is 291 cm³/mol. The fraction of sp³-hybridized carbons (Fsp3) is 0. The molecule has 0 bridgehead atoms. The van der Waals surface area contributed by atoms with Crippen molar-refractivity contribution in [3.05, 3.63) is 218 Å². The number of hydrogen-bond donors (Lipinski definition) is 0. The average Bonchev–Trinajstić information content (AvgIpc) is 4.15. The van der Waals surface area contributed by atoms with Crippen molar-refractivity contribution in [2.75, 3.05) is 9.80 Å². The van der Waals surface area contributed by atoms with Gasteiger partial charge in [0.15, 0.2) is 11.2 Å². The lowest BCUT2D eigenvalue weighted by Gasteiger charge is -2.25. The molecular weight excluding hydrogens is 869 g/mol. The maximum absolute atomic E-state index is 6.58. The summed E-state index contributed by atoms with van der Waals surface area (Å²) in [4.78, 5) is 4.65. The van der Waals surface area contributed by atoms with Crippen molar-refractivity contribution in [2.45, 2.75) is 0 Å². The third-order valence-electron chi connectivity index (χ3n) is 13.7. The van der Waals surface area contributed by atoms with E-state index in [-0.39, 0.29) is 0 Å². The first-order valence-corrected chi connectivity index (χ1v) is 24.5. The molecule has 0 radical (unpaired) electrons. The number of thiophene rings is 2. The molecular formula is C62H36N2O2S2. The number of anilines is 6. The zero-order chi connectivity index (χ0) is 44.5. The number of fused-ring (bicyclic) bond motifs is 14. The lowest BCUT2D eigenvalue weighted by molar-refractivity contribution is 0.668. The molecule has 6 heteroatoms. The molecule has 4 aromatic heterocycles. The summed E-state index contributed by atoms with van der Waals surface area (Å²) in [5.74, 6) is 0. The summed E-state index contributed by atoms with van der Waals surface area (Å²) < 4.78 is 18.3. The van der Waals surface area contributed by atoms with Crippen molar-refractivity contribution in [3.8, 4) is 0 Å². The van der Waals surface area contributed by atoms with Crippen molar-refractivity contribution in [1.29, 1.82) is 0 Å². The van der Waals surface area contributed by atoms with Gasteiger partial charge in [-0.25, -0.2) is 0 Å². The highest BCUT2D eigenvalue weighted by atomic mass is 32.1. The molecule has 4 heterocycles. The summed E-state index contributed by atoms with van der Waals surface area (Å²) in [7, 11) is 0. The topological polar surface area (TPSA) is 32.8 Å². The van der Waals surface area contributed by atoms with Gasteiger partial charge in [-0.05, 0) is 131 Å². The number of benzene rings is 11. The van der Waals surface area contributed by atoms with Crippen LogP contribution >= 0.6 is 22.7 Å². The van der Waals surface area contributed by atoms with Crippen LogP contribution < -0.4 is 9.80 Å². The van der Waals surface area contributed by atoms with Crippen molar-refractivity contribution in [1.82, 2.24) is 0 Å². The molecule has 0 N–H and O–H groups in total. The van der Waals surface area contributed by atoms with Crippen molar-refractivity contribution in [2.24, 2.45) is 0 Å². The van der Waals surface area contributed by atoms with Crippen molar-refractivity contribution in [3.63, 3.8) is 0 Å². The molecule has 0 saturated heterocycles. The van der Waals surface area contributed by atoms with Crippen LogP contribution in [0.4, 0.5) is 34.1 Å². The Hall–Kier alpha value is -8.42. The van der Waals surface area contributed by atoms with Crippen LogP contribution in [0.25, 0.3) is 106 Å². The van der Waals surface area contributed by atoms with Crippen molar-refractivity contribution < 1.29 is 8.83 Å². The zero-order valence-electron chi connectivity index (χ0n) is 36.3. The van der Waals surface area contributed by atoms with Crippen LogP contribution in [-0.2, 0) is 0 Å². The lowest BCUT2D eigenvalue weighted by atomic mass is 10.0. The fourth-order valence-corrected chi connectivity index (χ4v) is 12.9. The van der Waals surface area contributed by atoms with Crippen LogP contribution in [0.15, 0.2) is 227 Å². The number of para-hydroxylation sites is 6. The number of hydrogen-bond acceptors (Lipinski definition) is 6. The smallest absolute Gasteiger partial charge is 0.159 e. The minimum Gasteiger partial charge on any atom is -0.454 e. The standard InChI is InChI=1S/C62H36N2O2S2/c1-3-13-41(14-4-1)63(53-21-11-19-47-45-17-7-9-23-55(45)65-61(47)53)43-27-25-37-31-49-51-35-60-52(36-59(51)67-57(49)33-39(37)29-43)50-32-38-26-28-44(30-40(38)34-58(50)68-60)64(42-15-5-2-6-16-42)54-22-12-20-48-46-18-8-10-24-56(46)66-62(48)54/h1-36H. The van der Waals surface area contributed by atoms with Crippen LogP contribution in [0, 0.1) is 0 Å². The highest BCUT2D eigenvalue weighted by Crippen LogP contribution is 2.48. The molecule has 0 spiro atoms. The first kappa shape index (κ1) is 37.8. The second-order valence-electron chi connectivity index (χ2n) is 17.7. The third kappa shape index (κ3) is 5.72. The molecule has 0 saturated carbocycles. The van der Waals surface area contributed by atoms with Crippen molar-refractivity contribution >= 4 is 163 Å². The van der Waals surface area contributed by atoms with Crippen LogP contribution in [0.5, 0.6) is 0 Å². The van der Waals surface area contributed by atoms with Crippen LogP contribution in [0.1, 0.15) is 0 Å². The number of nitrogens with zero attached hydrogens (tertiary/aromatic N) is 2. The predicted octanol–water partition coefficient (Wildman–Crippen LogP) is 19.5. The average molecular weight is 905 g/mol. The van der Waals surface area contributed by atoms with Gasteiger partial charge in [-0.3, -0.25) is 0 Å². The van der Waals surface area contributed by atoms with E-state index in [1.807, 2.05) is 46.9 Å². The SMILES string of the molecule is c1ccc(N(c2ccc3cc4c(cc3c2)sc2cc3c(cc24)sc2cc4cc(N(c5ccccc5)c5cccc6c5oc5ccccc56)ccc4cc23)c2cccc3c2oc2ccccc23)cc1. The Kier molecular flexibility index (Phi) is 8.07. The molecule has 15 aromatic rings. The Morgan fingerprint density at radius 3 is 1.13 bits per heavy atom. The van der Waals surface area contributed by atoms with E-state index in [1.54, 1.807) is 0 Å². The van der Waals surface area contributed by atoms with E-state index in [4.69, 9.17) is 8.83 Å². The Morgan fingerprint density at radius 2 is 0.662 bits per heavy atom. The Labute approximate surface area is 397 Å². The molecule has 0 amide bonds. The quantitative estimate of drug-likeness (QED) is 0.166. The first-order valence-electron chi connectivity index (χ1n) is 22.9. The minimum atomic E-state index is 0.880. The van der Waals surface area contributed by atoms with E-state index in [9.17, 15) is 0 Å². The Bertz CT molecular complexity index is 4230. The molecule has 0 aliphatic carbocycles. The van der Waals surface area contributed by atoms with E-state index in [2.05, 4.69) is 204 Å². The third-order valence-corrected chi connectivity index (χ3v) is 16.0. The summed E-state index contributed by atoms with van der Waals surface area (Å²) >= 11 is 3.77. The molecule has 0 fully saturated rings. The van der Waals surface area contributed by atoms with Gasteiger partial charge < -0.3 is 18.6 Å². The summed E-state index contributed by atoms with van der Waals surface area (Å²) in [5.41, 5.74) is 9.89. The molecule has 0 aliphatic rings. The fourth-order valence-electron chi connectivity index (χ4n) is 10.6. The summed E-state index contributed by atoms with van der Waals surface area (Å²) in [5, 5.41) is 14.5. The Morgan fingerprint density at radius 1 is 0.265 bits per heavy atom. The summed E-state index contributed by atoms with van der Waals surface area (Å²) in [6, 6.07) is 78.8. The van der Waals surface area contributed by atoms with E-state index < -0.39 is 0 Å². The van der Waals surface area contributed by atoms with E-state index in [0.29, 0.717) is 0 Å². The molecule has 68 heavy (non-hydrogen) atoms. The van der Waals surface area contributed by atoms with Gasteiger partial charge in [0.1, 0.15) is 11.2 Å². The van der Waals surface area contributed by atoms with Gasteiger partial charge in [0.05, 0.1) is 11.4 Å². The zero-order valence-corrected chi connectivity index (χ0v) is 37.9. The van der Waals surface area contributed by atoms with Gasteiger partial charge in [0.2, 0.25) is 0 Å². The van der Waals surface area contributed by atoms with E-state index in [0.717, 1.165) is 78.0 Å². The number of furan rings is 2. The van der Waals surface area contributed by atoms with E-state index in [1.165, 1.54) is 61.9 Å². The maximum atomic E-state index is 6.58. The van der Waals surface area contributed by atoms with Gasteiger partial charge in [-0.1, -0.05) is 109 Å². The highest BCUT2D eigenvalue weighted by Gasteiger charge is 2.22. The number of rotatable bonds is 6. The molecule has 0 atom stereocenters. The largest absolute Gasteiger partial charge is 0.454 e. The van der Waals surface area contributed by atoms with Gasteiger partial charge in [-0.2, -0.15) is 0 Å². The molecule has 318 valence electrons. The van der Waals surface area contributed by atoms with Crippen LogP contribution in [0.2, 0.25) is 0 Å². The van der Waals surface area contributed by atoms with Gasteiger partial charge in [0.25, 0.3) is 0 Å². The molecule has 15 rings (SSSR count). The molecule has 4 nitrogen and oxygen atoms in total. The van der Waals surface area contributed by atoms with Crippen LogP contribution in [0.3, 0.4) is 0 Å². The van der Waals surface area contributed by atoms with E-state index >= 15 is 0 Å². The van der Waals surface area contributed by atoms with Crippen LogP contribution in [-0.4, -0.2) is 0 Å². The highest BCUT2D eigenvalue weighted by molar-refractivity contribution is 7.27. The second-order valence-corrected chi connectivity index (χ2v) is 19.8. The normalized spacial score (nSPS) is 12.1. The molecule has 0 aliphatic heterocycles. The maximum Gasteiger partial charge on any atom is 0.159 e. The monoisotopic (exact) mass is 904 g/mol. The first-order chi connectivity index (χ1) is 33.7. The lowest BCUT2D eigenvalue weighted by Crippen LogP contribution is -2.10.